The van der Waals surface area contributed by atoms with E-state index in [-0.39, 0.29) is 34.7 Å². The molecule has 9 nitrogen and oxygen atoms in total. The van der Waals surface area contributed by atoms with Gasteiger partial charge in [0.2, 0.25) is 0 Å². The van der Waals surface area contributed by atoms with Crippen molar-refractivity contribution >= 4 is 34.9 Å². The van der Waals surface area contributed by atoms with Gasteiger partial charge < -0.3 is 4.74 Å². The van der Waals surface area contributed by atoms with E-state index >= 15 is 0 Å². The van der Waals surface area contributed by atoms with E-state index in [4.69, 9.17) is 4.74 Å². The van der Waals surface area contributed by atoms with E-state index in [1.165, 1.54) is 30.3 Å². The summed E-state index contributed by atoms with van der Waals surface area (Å²) in [6.45, 7) is 3.61. The summed E-state index contributed by atoms with van der Waals surface area (Å²) in [4.78, 5) is 19.3. The van der Waals surface area contributed by atoms with Gasteiger partial charge in [-0.15, -0.1) is 0 Å². The van der Waals surface area contributed by atoms with Crippen LogP contribution >= 0.6 is 0 Å². The Hall–Kier alpha value is -2.79. The van der Waals surface area contributed by atoms with Gasteiger partial charge in [0.1, 0.15) is 6.33 Å². The van der Waals surface area contributed by atoms with Gasteiger partial charge >= 0.3 is 23.9 Å². The van der Waals surface area contributed by atoms with E-state index in [1.54, 1.807) is 13.8 Å². The predicted molar refractivity (Wildman–Crippen MR) is 101 cm³/mol. The molecule has 0 aliphatic carbocycles. The molecule has 0 atom stereocenters. The van der Waals surface area contributed by atoms with E-state index in [9.17, 15) is 21.6 Å². The highest BCUT2D eigenvalue weighted by Crippen LogP contribution is 2.25. The van der Waals surface area contributed by atoms with Crippen LogP contribution in [0.1, 0.15) is 18.2 Å². The topological polar surface area (TPSA) is 125 Å². The maximum atomic E-state index is 12.9. The Morgan fingerprint density at radius 2 is 1.75 bits per heavy atom. The molecule has 0 fully saturated rings. The number of aryl methyl sites for hydroxylation is 1. The molecule has 0 unspecified atom stereocenters. The number of ether oxygens (including phenoxy) is 1. The van der Waals surface area contributed by atoms with Crippen molar-refractivity contribution < 1.29 is 26.4 Å². The summed E-state index contributed by atoms with van der Waals surface area (Å²) in [6.07, 6.45) is 1.96. The molecule has 0 bridgehead atoms. The lowest BCUT2D eigenvalue weighted by Crippen LogP contribution is -2.23. The smallest absolute Gasteiger partial charge is 0.351 e. The zero-order chi connectivity index (χ0) is 20.5. The lowest BCUT2D eigenvalue weighted by Gasteiger charge is -2.09. The highest BCUT2D eigenvalue weighted by Gasteiger charge is 2.35. The number of hydrogen-bond acceptors (Lipinski definition) is 8. The molecular weight excluding hydrogens is 406 g/mol. The highest BCUT2D eigenvalue weighted by molar-refractivity contribution is 8.66. The molecule has 0 saturated carbocycles. The molecule has 0 saturated heterocycles. The lowest BCUT2D eigenvalue weighted by atomic mass is 10.2. The molecule has 28 heavy (non-hydrogen) atoms. The Balaban J connectivity index is 2.10. The molecule has 11 heteroatoms. The lowest BCUT2D eigenvalue weighted by molar-refractivity contribution is -0.142. The summed E-state index contributed by atoms with van der Waals surface area (Å²) in [6, 6.07) is 6.84. The molecule has 0 N–H and O–H groups in total. The number of aromatic nitrogens is 3. The Bertz CT molecular complexity index is 1250. The SMILES string of the molecule is CCOC(=O)Cc1ncnc2c1ccn2S(=O)(=O)S(=O)(=O)c1ccc(C)cc1. The van der Waals surface area contributed by atoms with Crippen LogP contribution in [0.15, 0.2) is 47.8 Å². The third kappa shape index (κ3) is 3.38. The molecule has 2 heterocycles. The molecule has 0 spiro atoms. The van der Waals surface area contributed by atoms with Gasteiger partial charge in [-0.25, -0.2) is 22.4 Å². The molecule has 148 valence electrons. The summed E-state index contributed by atoms with van der Waals surface area (Å²) in [7, 11) is -9.59. The molecule has 1 aromatic carbocycles. The maximum absolute atomic E-state index is 12.9. The van der Waals surface area contributed by atoms with E-state index in [0.717, 1.165) is 18.1 Å². The van der Waals surface area contributed by atoms with Crippen LogP contribution in [-0.4, -0.2) is 43.4 Å². The van der Waals surface area contributed by atoms with Crippen molar-refractivity contribution in [2.24, 2.45) is 0 Å². The van der Waals surface area contributed by atoms with Crippen LogP contribution in [0.5, 0.6) is 0 Å². The second-order valence-corrected chi connectivity index (χ2v) is 11.1. The first-order valence-corrected chi connectivity index (χ1v) is 11.7. The second kappa shape index (κ2) is 7.32. The normalized spacial score (nSPS) is 12.2. The first kappa shape index (κ1) is 20.0. The number of benzene rings is 1. The quantitative estimate of drug-likeness (QED) is 0.430. The van der Waals surface area contributed by atoms with Gasteiger partial charge in [-0.05, 0) is 32.0 Å². The minimum Gasteiger partial charge on any atom is -0.466 e. The van der Waals surface area contributed by atoms with Crippen molar-refractivity contribution in [2.75, 3.05) is 6.61 Å². The highest BCUT2D eigenvalue weighted by atomic mass is 33.2. The van der Waals surface area contributed by atoms with Crippen molar-refractivity contribution in [3.63, 3.8) is 0 Å². The minimum atomic E-state index is -4.86. The summed E-state index contributed by atoms with van der Waals surface area (Å²) >= 11 is 0. The van der Waals surface area contributed by atoms with Crippen LogP contribution in [0.25, 0.3) is 11.0 Å². The summed E-state index contributed by atoms with van der Waals surface area (Å²) < 4.78 is 56.7. The third-order valence-corrected chi connectivity index (χ3v) is 8.88. The van der Waals surface area contributed by atoms with Gasteiger partial charge in [0.25, 0.3) is 0 Å². The summed E-state index contributed by atoms with van der Waals surface area (Å²) in [5.74, 6) is -0.537. The first-order chi connectivity index (χ1) is 13.2. The zero-order valence-corrected chi connectivity index (χ0v) is 16.7. The Morgan fingerprint density at radius 1 is 1.07 bits per heavy atom. The van der Waals surface area contributed by atoms with Crippen molar-refractivity contribution in [1.82, 2.24) is 13.9 Å². The van der Waals surface area contributed by atoms with Crippen molar-refractivity contribution in [3.8, 4) is 0 Å². The van der Waals surface area contributed by atoms with Crippen LogP contribution in [0, 0.1) is 6.92 Å². The van der Waals surface area contributed by atoms with E-state index in [2.05, 4.69) is 9.97 Å². The minimum absolute atomic E-state index is 0.134. The molecule has 0 aliphatic heterocycles. The molecule has 0 radical (unpaired) electrons. The van der Waals surface area contributed by atoms with Gasteiger partial charge in [-0.1, -0.05) is 17.7 Å². The fourth-order valence-corrected chi connectivity index (χ4v) is 6.13. The standard InChI is InChI=1S/C17H17N3O6S2/c1-3-26-16(21)10-15-14-8-9-20(17(14)19-11-18-15)28(24,25)27(22,23)13-6-4-12(2)5-7-13/h4-9,11H,3,10H2,1-2H3. The Labute approximate surface area is 161 Å². The number of carbonyl (C=O) groups is 1. The second-order valence-electron chi connectivity index (χ2n) is 5.88. The molecule has 3 rings (SSSR count). The number of rotatable bonds is 6. The van der Waals surface area contributed by atoms with Gasteiger partial charge in [0.05, 0.1) is 23.6 Å². The zero-order valence-electron chi connectivity index (χ0n) is 15.1. The number of nitrogens with zero attached hydrogens (tertiary/aromatic N) is 3. The Kier molecular flexibility index (Phi) is 5.22. The van der Waals surface area contributed by atoms with Crippen molar-refractivity contribution in [3.05, 3.63) is 54.1 Å². The third-order valence-electron chi connectivity index (χ3n) is 3.98. The Morgan fingerprint density at radius 3 is 2.39 bits per heavy atom. The van der Waals surface area contributed by atoms with Gasteiger partial charge in [0, 0.05) is 11.6 Å². The monoisotopic (exact) mass is 423 g/mol. The largest absolute Gasteiger partial charge is 0.466 e. The van der Waals surface area contributed by atoms with E-state index < -0.39 is 23.9 Å². The summed E-state index contributed by atoms with van der Waals surface area (Å²) in [5.41, 5.74) is 0.897. The fraction of sp³-hybridized carbons (Fsp3) is 0.235. The summed E-state index contributed by atoms with van der Waals surface area (Å²) in [5, 5.41) is 0.248. The van der Waals surface area contributed by atoms with Gasteiger partial charge in [-0.3, -0.25) is 4.79 Å². The van der Waals surface area contributed by atoms with E-state index in [0.29, 0.717) is 3.97 Å². The fourth-order valence-electron chi connectivity index (χ4n) is 2.58. The van der Waals surface area contributed by atoms with Crippen LogP contribution in [0.4, 0.5) is 0 Å². The van der Waals surface area contributed by atoms with Crippen LogP contribution in [0.3, 0.4) is 0 Å². The number of esters is 1. The van der Waals surface area contributed by atoms with Gasteiger partial charge in [0.15, 0.2) is 5.65 Å². The number of fused-ring (bicyclic) bond motifs is 1. The van der Waals surface area contributed by atoms with Crippen molar-refractivity contribution in [1.29, 1.82) is 0 Å². The maximum Gasteiger partial charge on any atom is 0.351 e. The predicted octanol–water partition coefficient (Wildman–Crippen LogP) is 1.41. The van der Waals surface area contributed by atoms with Crippen molar-refractivity contribution in [2.45, 2.75) is 25.2 Å². The van der Waals surface area contributed by atoms with Gasteiger partial charge in [-0.2, -0.15) is 8.42 Å². The number of hydrogen-bond donors (Lipinski definition) is 0. The average molecular weight is 423 g/mol. The average Bonchev–Trinajstić information content (AvgIpc) is 3.08. The molecule has 2 aromatic heterocycles. The van der Waals surface area contributed by atoms with Crippen LogP contribution in [0.2, 0.25) is 0 Å². The van der Waals surface area contributed by atoms with Crippen LogP contribution < -0.4 is 0 Å². The van der Waals surface area contributed by atoms with Crippen LogP contribution in [-0.2, 0) is 33.9 Å². The van der Waals surface area contributed by atoms with E-state index in [1.807, 2.05) is 0 Å². The number of carbonyl (C=O) groups excluding carboxylic acids is 1. The molecule has 3 aromatic rings. The molecule has 0 amide bonds. The molecular formula is C17H17N3O6S2. The first-order valence-electron chi connectivity index (χ1n) is 8.22. The molecule has 0 aliphatic rings.